The lowest BCUT2D eigenvalue weighted by molar-refractivity contribution is 0.0817. The lowest BCUT2D eigenvalue weighted by atomic mass is 9.64. The van der Waals surface area contributed by atoms with Crippen molar-refractivity contribution in [2.75, 3.05) is 0 Å². The molecule has 0 spiro atoms. The van der Waals surface area contributed by atoms with E-state index >= 15 is 0 Å². The molecule has 4 rings (SSSR count). The normalized spacial score (nSPS) is 55.5. The number of hydrogen-bond acceptors (Lipinski definition) is 0. The van der Waals surface area contributed by atoms with Crippen molar-refractivity contribution in [1.29, 1.82) is 0 Å². The first kappa shape index (κ1) is 9.97. The monoisotopic (exact) mass is 218 g/mol. The van der Waals surface area contributed by atoms with Crippen molar-refractivity contribution in [1.82, 2.24) is 0 Å². The van der Waals surface area contributed by atoms with E-state index < -0.39 is 0 Å². The van der Waals surface area contributed by atoms with E-state index in [9.17, 15) is 0 Å². The van der Waals surface area contributed by atoms with Gasteiger partial charge in [0.05, 0.1) is 0 Å². The first-order valence-electron chi connectivity index (χ1n) is 7.95. The highest BCUT2D eigenvalue weighted by molar-refractivity contribution is 5.03. The summed E-state index contributed by atoms with van der Waals surface area (Å²) in [6.45, 7) is 0. The second-order valence-corrected chi connectivity index (χ2v) is 7.14. The van der Waals surface area contributed by atoms with Crippen molar-refractivity contribution in [3.63, 3.8) is 0 Å². The molecule has 4 aliphatic carbocycles. The topological polar surface area (TPSA) is 0 Å². The number of rotatable bonds is 0. The molecule has 0 amide bonds. The van der Waals surface area contributed by atoms with Crippen LogP contribution in [0.3, 0.4) is 0 Å². The summed E-state index contributed by atoms with van der Waals surface area (Å²) in [7, 11) is 0. The summed E-state index contributed by atoms with van der Waals surface area (Å²) in [5.74, 6) is 7.12. The largest absolute Gasteiger partial charge is 0.0530 e. The summed E-state index contributed by atoms with van der Waals surface area (Å²) in [5.41, 5.74) is 0. The Balaban J connectivity index is 1.68. The molecule has 4 saturated carbocycles. The van der Waals surface area contributed by atoms with Gasteiger partial charge < -0.3 is 0 Å². The standard InChI is InChI=1S/C16H26/c1-2-8-13-12(7-1)14-9-3-5-11-6-4-10-15(13)16(11)14/h11-16H,1-10H2/t11?,12-,13-,14-,15+,16?/m1/s1. The molecule has 0 aliphatic heterocycles. The average Bonchev–Trinajstić information content (AvgIpc) is 2.68. The highest BCUT2D eigenvalue weighted by Crippen LogP contribution is 2.62. The van der Waals surface area contributed by atoms with Gasteiger partial charge in [-0.05, 0) is 61.2 Å². The van der Waals surface area contributed by atoms with Crippen LogP contribution in [0.15, 0.2) is 0 Å². The third-order valence-electron chi connectivity index (χ3n) is 6.73. The fourth-order valence-corrected chi connectivity index (χ4v) is 6.41. The van der Waals surface area contributed by atoms with E-state index in [0.29, 0.717) is 0 Å². The van der Waals surface area contributed by atoms with E-state index in [1.54, 1.807) is 64.2 Å². The molecule has 0 nitrogen and oxygen atoms in total. The van der Waals surface area contributed by atoms with Gasteiger partial charge >= 0.3 is 0 Å². The van der Waals surface area contributed by atoms with E-state index in [1.165, 1.54) is 35.5 Å². The van der Waals surface area contributed by atoms with Crippen LogP contribution in [0.2, 0.25) is 0 Å². The minimum Gasteiger partial charge on any atom is -0.0530 e. The molecule has 0 saturated heterocycles. The Morgan fingerprint density at radius 3 is 1.50 bits per heavy atom. The van der Waals surface area contributed by atoms with Gasteiger partial charge in [-0.3, -0.25) is 0 Å². The zero-order chi connectivity index (χ0) is 10.5. The second-order valence-electron chi connectivity index (χ2n) is 7.14. The second kappa shape index (κ2) is 3.75. The quantitative estimate of drug-likeness (QED) is 0.555. The minimum atomic E-state index is 1.17. The minimum absolute atomic E-state index is 1.17. The van der Waals surface area contributed by atoms with Crippen LogP contribution in [0, 0.1) is 35.5 Å². The first-order valence-corrected chi connectivity index (χ1v) is 7.95. The third-order valence-corrected chi connectivity index (χ3v) is 6.73. The molecular formula is C16H26. The predicted octanol–water partition coefficient (Wildman–Crippen LogP) is 4.64. The van der Waals surface area contributed by atoms with E-state index in [2.05, 4.69) is 0 Å². The zero-order valence-electron chi connectivity index (χ0n) is 10.5. The molecule has 90 valence electrons. The van der Waals surface area contributed by atoms with Gasteiger partial charge in [-0.25, -0.2) is 0 Å². The van der Waals surface area contributed by atoms with Crippen LogP contribution >= 0.6 is 0 Å². The lowest BCUT2D eigenvalue weighted by Crippen LogP contribution is -2.33. The van der Waals surface area contributed by atoms with Gasteiger partial charge in [-0.2, -0.15) is 0 Å². The number of hydrogen-bond donors (Lipinski definition) is 0. The van der Waals surface area contributed by atoms with E-state index in [-0.39, 0.29) is 0 Å². The van der Waals surface area contributed by atoms with Crippen molar-refractivity contribution < 1.29 is 0 Å². The van der Waals surface area contributed by atoms with Crippen LogP contribution in [0.25, 0.3) is 0 Å². The highest BCUT2D eigenvalue weighted by atomic mass is 14.6. The summed E-state index contributed by atoms with van der Waals surface area (Å²) in [6, 6.07) is 0. The molecule has 2 unspecified atom stereocenters. The van der Waals surface area contributed by atoms with Crippen LogP contribution in [-0.4, -0.2) is 0 Å². The van der Waals surface area contributed by atoms with Gasteiger partial charge in [0.15, 0.2) is 0 Å². The molecule has 4 fully saturated rings. The van der Waals surface area contributed by atoms with Gasteiger partial charge in [0.2, 0.25) is 0 Å². The van der Waals surface area contributed by atoms with Crippen molar-refractivity contribution in [3.8, 4) is 0 Å². The van der Waals surface area contributed by atoms with E-state index in [1.807, 2.05) is 0 Å². The SMILES string of the molecule is C1CC[C@@H]2[C@@H](C1)[C@@H]1CCCC3CCC[C@H]2C31. The van der Waals surface area contributed by atoms with Crippen LogP contribution in [-0.2, 0) is 0 Å². The Kier molecular flexibility index (Phi) is 2.34. The smallest absolute Gasteiger partial charge is 0.0324 e. The Morgan fingerprint density at radius 2 is 0.938 bits per heavy atom. The summed E-state index contributed by atoms with van der Waals surface area (Å²) in [5, 5.41) is 0. The van der Waals surface area contributed by atoms with Crippen LogP contribution < -0.4 is 0 Å². The van der Waals surface area contributed by atoms with E-state index in [4.69, 9.17) is 0 Å². The summed E-state index contributed by atoms with van der Waals surface area (Å²) >= 11 is 0. The van der Waals surface area contributed by atoms with Crippen LogP contribution in [0.4, 0.5) is 0 Å². The summed E-state index contributed by atoms with van der Waals surface area (Å²) in [4.78, 5) is 0. The van der Waals surface area contributed by atoms with Gasteiger partial charge in [0.1, 0.15) is 0 Å². The van der Waals surface area contributed by atoms with Gasteiger partial charge in [-0.1, -0.05) is 38.5 Å². The number of fused-ring (bicyclic) bond motifs is 3. The maximum Gasteiger partial charge on any atom is -0.0324 e. The third kappa shape index (κ3) is 1.28. The first-order chi connectivity index (χ1) is 7.95. The maximum absolute atomic E-state index is 1.61. The molecule has 0 radical (unpaired) electrons. The summed E-state index contributed by atoms with van der Waals surface area (Å²) < 4.78 is 0. The fraction of sp³-hybridized carbons (Fsp3) is 1.00. The van der Waals surface area contributed by atoms with Gasteiger partial charge in [0.25, 0.3) is 0 Å². The molecule has 16 heavy (non-hydrogen) atoms. The molecule has 6 atom stereocenters. The molecule has 0 aromatic rings. The van der Waals surface area contributed by atoms with Crippen LogP contribution in [0.5, 0.6) is 0 Å². The molecule has 0 heteroatoms. The Hall–Kier alpha value is 0. The Labute approximate surface area is 100 Å². The van der Waals surface area contributed by atoms with E-state index in [0.717, 1.165) is 0 Å². The highest BCUT2D eigenvalue weighted by Gasteiger charge is 2.54. The van der Waals surface area contributed by atoms with Crippen molar-refractivity contribution in [3.05, 3.63) is 0 Å². The maximum atomic E-state index is 1.61. The zero-order valence-corrected chi connectivity index (χ0v) is 10.5. The van der Waals surface area contributed by atoms with Gasteiger partial charge in [0, 0.05) is 0 Å². The molecule has 4 aliphatic rings. The van der Waals surface area contributed by atoms with Crippen LogP contribution in [0.1, 0.15) is 64.2 Å². The fourth-order valence-electron chi connectivity index (χ4n) is 6.41. The Bertz CT molecular complexity index is 243. The molecule has 0 N–H and O–H groups in total. The van der Waals surface area contributed by atoms with Gasteiger partial charge in [-0.15, -0.1) is 0 Å². The average molecular weight is 218 g/mol. The molecule has 0 bridgehead atoms. The van der Waals surface area contributed by atoms with Crippen molar-refractivity contribution >= 4 is 0 Å². The molecule has 0 aromatic heterocycles. The molecular weight excluding hydrogens is 192 g/mol. The summed E-state index contributed by atoms with van der Waals surface area (Å²) in [6.07, 6.45) is 15.9. The Morgan fingerprint density at radius 1 is 0.438 bits per heavy atom. The molecule has 0 aromatic carbocycles. The lowest BCUT2D eigenvalue weighted by Gasteiger charge is -2.41. The van der Waals surface area contributed by atoms with Crippen molar-refractivity contribution in [2.45, 2.75) is 64.2 Å². The molecule has 0 heterocycles. The van der Waals surface area contributed by atoms with Crippen molar-refractivity contribution in [2.24, 2.45) is 35.5 Å². The predicted molar refractivity (Wildman–Crippen MR) is 67.1 cm³/mol.